The number of anilines is 1. The first-order valence-electron chi connectivity index (χ1n) is 12.4. The molecule has 0 fully saturated rings. The van der Waals surface area contributed by atoms with Crippen molar-refractivity contribution in [3.8, 4) is 5.75 Å². The van der Waals surface area contributed by atoms with E-state index >= 15 is 0 Å². The highest BCUT2D eigenvalue weighted by atomic mass is 31.1. The molecule has 1 N–H and O–H groups in total. The third-order valence-electron chi connectivity index (χ3n) is 6.37. The zero-order valence-corrected chi connectivity index (χ0v) is 21.8. The van der Waals surface area contributed by atoms with Crippen LogP contribution >= 0.6 is 8.16 Å². The zero-order chi connectivity index (χ0) is 25.7. The third-order valence-corrected chi connectivity index (χ3v) is 7.54. The van der Waals surface area contributed by atoms with Gasteiger partial charge >= 0.3 is 8.16 Å². The van der Waals surface area contributed by atoms with E-state index in [1.165, 1.54) is 10.8 Å². The van der Waals surface area contributed by atoms with E-state index in [-0.39, 0.29) is 0 Å². The summed E-state index contributed by atoms with van der Waals surface area (Å²) in [6.07, 6.45) is 0. The Balaban J connectivity index is 0.000000390. The number of rotatable bonds is 3. The predicted molar refractivity (Wildman–Crippen MR) is 160 cm³/mol. The second-order valence-electron chi connectivity index (χ2n) is 8.75. The smallest absolute Gasteiger partial charge is 0.338 e. The van der Waals surface area contributed by atoms with Gasteiger partial charge < -0.3 is 13.1 Å². The molecule has 38 heavy (non-hydrogen) atoms. The lowest BCUT2D eigenvalue weighted by atomic mass is 9.99. The summed E-state index contributed by atoms with van der Waals surface area (Å²) in [6, 6.07) is 44.9. The lowest BCUT2D eigenvalue weighted by Gasteiger charge is -2.05. The van der Waals surface area contributed by atoms with Crippen LogP contribution in [0.15, 0.2) is 142 Å². The van der Waals surface area contributed by atoms with E-state index < -0.39 is 8.16 Å². The highest BCUT2D eigenvalue weighted by Gasteiger charge is 2.13. The molecule has 4 nitrogen and oxygen atoms in total. The Labute approximate surface area is 221 Å². The lowest BCUT2D eigenvalue weighted by molar-refractivity contribution is 0.415. The van der Waals surface area contributed by atoms with Crippen molar-refractivity contribution in [2.75, 3.05) is 12.2 Å². The lowest BCUT2D eigenvalue weighted by Crippen LogP contribution is -1.85. The summed E-state index contributed by atoms with van der Waals surface area (Å²) < 4.78 is 18.2. The van der Waals surface area contributed by atoms with Gasteiger partial charge in [0.2, 0.25) is 0 Å². The summed E-state index contributed by atoms with van der Waals surface area (Å²) in [5.74, 6) is 0.805. The first kappa shape index (κ1) is 23.7. The van der Waals surface area contributed by atoms with E-state index in [0.29, 0.717) is 0 Å². The molecule has 186 valence electrons. The topological polar surface area (TPSA) is 47.5 Å². The number of nitrogens with one attached hydrogen (secondary N) is 1. The minimum absolute atomic E-state index is 0.805. The number of methoxy groups -OCH3 is 1. The van der Waals surface area contributed by atoms with Crippen molar-refractivity contribution < 1.29 is 13.1 Å². The summed E-state index contributed by atoms with van der Waals surface area (Å²) in [7, 11) is 0.196. The van der Waals surface area contributed by atoms with Crippen molar-refractivity contribution >= 4 is 57.3 Å². The van der Waals surface area contributed by atoms with Crippen molar-refractivity contribution in [3.63, 3.8) is 0 Å². The first-order valence-corrected chi connectivity index (χ1v) is 13.6. The van der Waals surface area contributed by atoms with Crippen LogP contribution in [0.25, 0.3) is 43.5 Å². The van der Waals surface area contributed by atoms with Crippen molar-refractivity contribution in [3.05, 3.63) is 133 Å². The Morgan fingerprint density at radius 1 is 0.526 bits per heavy atom. The summed E-state index contributed by atoms with van der Waals surface area (Å²) in [5.41, 5.74) is 2.53. The van der Waals surface area contributed by atoms with Crippen LogP contribution in [-0.2, 0) is 0 Å². The predicted octanol–water partition coefficient (Wildman–Crippen LogP) is 10.2. The maximum atomic E-state index is 6.46. The van der Waals surface area contributed by atoms with E-state index in [0.717, 1.165) is 44.1 Å². The van der Waals surface area contributed by atoms with Crippen LogP contribution in [0.4, 0.5) is 5.69 Å². The fourth-order valence-electron chi connectivity index (χ4n) is 4.57. The molecular formula is C33H26NO3P. The molecule has 0 amide bonds. The molecule has 0 unspecified atom stereocenters. The van der Waals surface area contributed by atoms with Gasteiger partial charge in [-0.15, -0.1) is 0 Å². The number of benzene rings is 6. The first-order chi connectivity index (χ1) is 18.8. The van der Waals surface area contributed by atoms with Crippen LogP contribution in [0.2, 0.25) is 0 Å². The van der Waals surface area contributed by atoms with E-state index in [2.05, 4.69) is 65.8 Å². The molecule has 0 atom stereocenters. The average molecular weight is 516 g/mol. The van der Waals surface area contributed by atoms with Gasteiger partial charge in [0.25, 0.3) is 0 Å². The maximum absolute atomic E-state index is 6.46. The summed E-state index contributed by atoms with van der Waals surface area (Å²) in [5, 5.41) is 10.2. The minimum atomic E-state index is -1.46. The Morgan fingerprint density at radius 3 is 1.47 bits per heavy atom. The van der Waals surface area contributed by atoms with Gasteiger partial charge in [0.05, 0.1) is 7.11 Å². The van der Waals surface area contributed by atoms with Gasteiger partial charge in [0.15, 0.2) is 0 Å². The molecule has 1 aromatic heterocycles. The zero-order valence-electron chi connectivity index (χ0n) is 20.9. The van der Waals surface area contributed by atoms with E-state index in [9.17, 15) is 0 Å². The van der Waals surface area contributed by atoms with Gasteiger partial charge in [-0.1, -0.05) is 97.1 Å². The van der Waals surface area contributed by atoms with Crippen LogP contribution in [0, 0.1) is 0 Å². The molecule has 0 bridgehead atoms. The molecule has 0 saturated carbocycles. The van der Waals surface area contributed by atoms with Gasteiger partial charge in [0.1, 0.15) is 16.9 Å². The molecule has 5 heteroatoms. The monoisotopic (exact) mass is 515 g/mol. The Morgan fingerprint density at radius 2 is 1.00 bits per heavy atom. The van der Waals surface area contributed by atoms with Crippen LogP contribution < -0.4 is 9.82 Å². The number of hydrogen-bond donors (Lipinski definition) is 1. The molecule has 0 aliphatic rings. The van der Waals surface area contributed by atoms with Crippen molar-refractivity contribution in [1.29, 1.82) is 0 Å². The molecule has 0 radical (unpaired) electrons. The van der Waals surface area contributed by atoms with Gasteiger partial charge in [0, 0.05) is 16.5 Å². The SMILES string of the molecule is COc1ccc(Np2oc3ccc4ccccc4c3c3c(ccc4ccccc43)o2)cc1.c1ccccc1. The van der Waals surface area contributed by atoms with E-state index in [1.807, 2.05) is 72.8 Å². The summed E-state index contributed by atoms with van der Waals surface area (Å²) in [4.78, 5) is 0. The minimum Gasteiger partial charge on any atom is -0.497 e. The third kappa shape index (κ3) is 4.82. The highest BCUT2D eigenvalue weighted by Crippen LogP contribution is 2.41. The largest absolute Gasteiger partial charge is 0.497 e. The standard InChI is InChI=1S/C27H20NO3P.C6H6/c1-29-21-14-12-20(13-15-21)28-32-30-24-16-10-18-6-2-4-8-22(18)26(24)27-23-9-5-3-7-19(23)11-17-25(27)31-32;1-2-4-6-5-3-1/h2-17,28H,1H3;1-6H. The fourth-order valence-corrected chi connectivity index (χ4v) is 5.72. The van der Waals surface area contributed by atoms with Crippen molar-refractivity contribution in [1.82, 2.24) is 0 Å². The molecule has 7 aromatic rings. The second kappa shape index (κ2) is 10.8. The van der Waals surface area contributed by atoms with E-state index in [4.69, 9.17) is 13.1 Å². The Kier molecular flexibility index (Phi) is 6.72. The maximum Gasteiger partial charge on any atom is 0.338 e. The summed E-state index contributed by atoms with van der Waals surface area (Å²) in [6.45, 7) is 0. The van der Waals surface area contributed by atoms with E-state index in [1.54, 1.807) is 7.11 Å². The molecule has 0 spiro atoms. The molecule has 1 heterocycles. The van der Waals surface area contributed by atoms with Crippen LogP contribution in [0.3, 0.4) is 0 Å². The Bertz CT molecular complexity index is 1760. The van der Waals surface area contributed by atoms with Gasteiger partial charge in [-0.3, -0.25) is 5.09 Å². The van der Waals surface area contributed by atoms with Gasteiger partial charge in [-0.05, 0) is 57.9 Å². The fraction of sp³-hybridized carbons (Fsp3) is 0.0303. The molecule has 0 aliphatic heterocycles. The average Bonchev–Trinajstić information content (AvgIpc) is 3.15. The second-order valence-corrected chi connectivity index (χ2v) is 9.86. The van der Waals surface area contributed by atoms with Crippen molar-refractivity contribution in [2.45, 2.75) is 0 Å². The quantitative estimate of drug-likeness (QED) is 0.254. The molecular weight excluding hydrogens is 489 g/mol. The molecule has 7 rings (SSSR count). The normalized spacial score (nSPS) is 10.8. The van der Waals surface area contributed by atoms with Crippen LogP contribution in [0.5, 0.6) is 5.75 Å². The van der Waals surface area contributed by atoms with Gasteiger partial charge in [-0.25, -0.2) is 0 Å². The molecule has 0 saturated heterocycles. The highest BCUT2D eigenvalue weighted by molar-refractivity contribution is 7.39. The molecule has 0 aliphatic carbocycles. The molecule has 6 aromatic carbocycles. The summed E-state index contributed by atoms with van der Waals surface area (Å²) >= 11 is 0. The Hall–Kier alpha value is -4.66. The van der Waals surface area contributed by atoms with Crippen LogP contribution in [0.1, 0.15) is 0 Å². The number of ether oxygens (including phenoxy) is 1. The number of hydrogen-bond acceptors (Lipinski definition) is 4. The van der Waals surface area contributed by atoms with Crippen molar-refractivity contribution in [2.24, 2.45) is 0 Å². The van der Waals surface area contributed by atoms with Gasteiger partial charge in [-0.2, -0.15) is 0 Å². The number of fused-ring (bicyclic) bond motifs is 7. The van der Waals surface area contributed by atoms with Crippen LogP contribution in [-0.4, -0.2) is 7.11 Å².